The number of hydrogen-bond acceptors (Lipinski definition) is 6. The predicted molar refractivity (Wildman–Crippen MR) is 80.3 cm³/mol. The molecule has 7 nitrogen and oxygen atoms in total. The van der Waals surface area contributed by atoms with E-state index in [2.05, 4.69) is 5.32 Å². The van der Waals surface area contributed by atoms with E-state index in [0.29, 0.717) is 24.1 Å². The number of carbonyl (C=O) groups excluding carboxylic acids is 3. The molecule has 2 rings (SSSR count). The van der Waals surface area contributed by atoms with Gasteiger partial charge in [-0.1, -0.05) is 12.1 Å². The Morgan fingerprint density at radius 3 is 2.87 bits per heavy atom. The predicted octanol–water partition coefficient (Wildman–Crippen LogP) is 0.716. The SMILES string of the molecule is O=Cc1ccccc1OCC(=O)OCC(=O)NC[C@H]1CCCO1. The van der Waals surface area contributed by atoms with E-state index in [0.717, 1.165) is 19.4 Å². The summed E-state index contributed by atoms with van der Waals surface area (Å²) in [6.07, 6.45) is 2.59. The first-order valence-corrected chi connectivity index (χ1v) is 7.40. The number of benzene rings is 1. The Hall–Kier alpha value is -2.41. The van der Waals surface area contributed by atoms with Gasteiger partial charge in [-0.15, -0.1) is 0 Å². The fourth-order valence-electron chi connectivity index (χ4n) is 2.12. The molecule has 0 bridgehead atoms. The highest BCUT2D eigenvalue weighted by molar-refractivity contribution is 5.81. The lowest BCUT2D eigenvalue weighted by atomic mass is 10.2. The highest BCUT2D eigenvalue weighted by Crippen LogP contribution is 2.15. The van der Waals surface area contributed by atoms with E-state index in [1.807, 2.05) is 0 Å². The second-order valence-electron chi connectivity index (χ2n) is 5.04. The quantitative estimate of drug-likeness (QED) is 0.560. The van der Waals surface area contributed by atoms with E-state index in [4.69, 9.17) is 14.2 Å². The molecular weight excluding hydrogens is 302 g/mol. The maximum absolute atomic E-state index is 11.5. The molecular formula is C16H19NO6. The van der Waals surface area contributed by atoms with Gasteiger partial charge >= 0.3 is 5.97 Å². The van der Waals surface area contributed by atoms with Gasteiger partial charge in [0.1, 0.15) is 5.75 Å². The largest absolute Gasteiger partial charge is 0.481 e. The molecule has 0 aromatic heterocycles. The summed E-state index contributed by atoms with van der Waals surface area (Å²) < 4.78 is 15.4. The number of nitrogens with one attached hydrogen (secondary N) is 1. The van der Waals surface area contributed by atoms with Crippen molar-refractivity contribution in [1.29, 1.82) is 0 Å². The minimum absolute atomic E-state index is 0.0397. The van der Waals surface area contributed by atoms with Gasteiger partial charge in [0.05, 0.1) is 11.7 Å². The maximum Gasteiger partial charge on any atom is 0.344 e. The van der Waals surface area contributed by atoms with E-state index in [1.165, 1.54) is 0 Å². The van der Waals surface area contributed by atoms with E-state index in [-0.39, 0.29) is 25.2 Å². The van der Waals surface area contributed by atoms with Crippen molar-refractivity contribution in [2.75, 3.05) is 26.4 Å². The number of para-hydroxylation sites is 1. The Bertz CT molecular complexity index is 553. The Labute approximate surface area is 133 Å². The number of rotatable bonds is 8. The number of carbonyl (C=O) groups is 3. The van der Waals surface area contributed by atoms with Crippen LogP contribution >= 0.6 is 0 Å². The molecule has 0 unspecified atom stereocenters. The van der Waals surface area contributed by atoms with Gasteiger partial charge < -0.3 is 19.5 Å². The molecule has 1 aromatic rings. The summed E-state index contributed by atoms with van der Waals surface area (Å²) in [4.78, 5) is 33.9. The van der Waals surface area contributed by atoms with Crippen molar-refractivity contribution >= 4 is 18.2 Å². The second kappa shape index (κ2) is 8.89. The molecule has 1 fully saturated rings. The average Bonchev–Trinajstić information content (AvgIpc) is 3.10. The van der Waals surface area contributed by atoms with Gasteiger partial charge in [0.15, 0.2) is 19.5 Å². The lowest BCUT2D eigenvalue weighted by molar-refractivity contribution is -0.150. The molecule has 0 aliphatic carbocycles. The fraction of sp³-hybridized carbons (Fsp3) is 0.438. The molecule has 1 atom stereocenters. The van der Waals surface area contributed by atoms with Crippen LogP contribution in [-0.2, 0) is 19.1 Å². The molecule has 23 heavy (non-hydrogen) atoms. The summed E-state index contributed by atoms with van der Waals surface area (Å²) in [6, 6.07) is 6.52. The molecule has 1 aromatic carbocycles. The number of ether oxygens (including phenoxy) is 3. The fourth-order valence-corrected chi connectivity index (χ4v) is 2.12. The van der Waals surface area contributed by atoms with Gasteiger partial charge in [0, 0.05) is 13.2 Å². The number of hydrogen-bond donors (Lipinski definition) is 1. The number of esters is 1. The van der Waals surface area contributed by atoms with E-state index >= 15 is 0 Å². The smallest absolute Gasteiger partial charge is 0.344 e. The Morgan fingerprint density at radius 1 is 1.30 bits per heavy atom. The molecule has 0 spiro atoms. The lowest BCUT2D eigenvalue weighted by Gasteiger charge is -2.11. The molecule has 124 valence electrons. The molecule has 1 aliphatic heterocycles. The molecule has 1 heterocycles. The van der Waals surface area contributed by atoms with Gasteiger partial charge in [-0.25, -0.2) is 4.79 Å². The van der Waals surface area contributed by atoms with Gasteiger partial charge in [0.2, 0.25) is 0 Å². The first-order valence-electron chi connectivity index (χ1n) is 7.40. The van der Waals surface area contributed by atoms with Crippen molar-refractivity contribution in [2.24, 2.45) is 0 Å². The lowest BCUT2D eigenvalue weighted by Crippen LogP contribution is -2.35. The number of aldehydes is 1. The normalized spacial score (nSPS) is 16.6. The maximum atomic E-state index is 11.5. The zero-order chi connectivity index (χ0) is 16.5. The summed E-state index contributed by atoms with van der Waals surface area (Å²) in [5.74, 6) is -0.776. The van der Waals surface area contributed by atoms with Crippen LogP contribution in [-0.4, -0.2) is 50.6 Å². The zero-order valence-electron chi connectivity index (χ0n) is 12.7. The van der Waals surface area contributed by atoms with Crippen molar-refractivity contribution in [3.63, 3.8) is 0 Å². The Kier molecular flexibility index (Phi) is 6.56. The van der Waals surface area contributed by atoms with Gasteiger partial charge in [-0.05, 0) is 25.0 Å². The summed E-state index contributed by atoms with van der Waals surface area (Å²) in [5, 5.41) is 2.64. The highest BCUT2D eigenvalue weighted by Gasteiger charge is 2.16. The molecule has 0 radical (unpaired) electrons. The molecule has 1 saturated heterocycles. The van der Waals surface area contributed by atoms with Crippen LogP contribution in [0, 0.1) is 0 Å². The van der Waals surface area contributed by atoms with Crippen LogP contribution < -0.4 is 10.1 Å². The Balaban J connectivity index is 1.64. The standard InChI is InChI=1S/C16H19NO6/c18-9-12-4-1-2-6-14(12)22-11-16(20)23-10-15(19)17-8-13-5-3-7-21-13/h1-2,4,6,9,13H,3,5,7-8,10-11H2,(H,17,19)/t13-/m1/s1. The van der Waals surface area contributed by atoms with Gasteiger partial charge in [-0.3, -0.25) is 9.59 Å². The third kappa shape index (κ3) is 5.71. The van der Waals surface area contributed by atoms with Crippen LogP contribution in [0.3, 0.4) is 0 Å². The molecule has 1 N–H and O–H groups in total. The van der Waals surface area contributed by atoms with Crippen molar-refractivity contribution in [3.05, 3.63) is 29.8 Å². The number of amides is 1. The van der Waals surface area contributed by atoms with Crippen LogP contribution in [0.5, 0.6) is 5.75 Å². The minimum atomic E-state index is -0.682. The van der Waals surface area contributed by atoms with E-state index in [9.17, 15) is 14.4 Å². The summed E-state index contributed by atoms with van der Waals surface area (Å²) in [7, 11) is 0. The molecule has 0 saturated carbocycles. The van der Waals surface area contributed by atoms with Crippen molar-refractivity contribution < 1.29 is 28.6 Å². The summed E-state index contributed by atoms with van der Waals surface area (Å²) in [6.45, 7) is 0.392. The monoisotopic (exact) mass is 321 g/mol. The van der Waals surface area contributed by atoms with Crippen LogP contribution in [0.25, 0.3) is 0 Å². The molecule has 1 amide bonds. The second-order valence-corrected chi connectivity index (χ2v) is 5.04. The van der Waals surface area contributed by atoms with Crippen LogP contribution in [0.1, 0.15) is 23.2 Å². The van der Waals surface area contributed by atoms with E-state index in [1.54, 1.807) is 24.3 Å². The zero-order valence-corrected chi connectivity index (χ0v) is 12.7. The highest BCUT2D eigenvalue weighted by atomic mass is 16.6. The summed E-state index contributed by atoms with van der Waals surface area (Å²) in [5.41, 5.74) is 0.342. The third-order valence-electron chi connectivity index (χ3n) is 3.31. The van der Waals surface area contributed by atoms with E-state index < -0.39 is 5.97 Å². The first-order chi connectivity index (χ1) is 11.2. The minimum Gasteiger partial charge on any atom is -0.481 e. The average molecular weight is 321 g/mol. The topological polar surface area (TPSA) is 90.9 Å². The summed E-state index contributed by atoms with van der Waals surface area (Å²) >= 11 is 0. The molecule has 1 aliphatic rings. The van der Waals surface area contributed by atoms with Gasteiger partial charge in [-0.2, -0.15) is 0 Å². The van der Waals surface area contributed by atoms with Crippen molar-refractivity contribution in [3.8, 4) is 5.75 Å². The Morgan fingerprint density at radius 2 is 2.13 bits per heavy atom. The van der Waals surface area contributed by atoms with Crippen molar-refractivity contribution in [2.45, 2.75) is 18.9 Å². The third-order valence-corrected chi connectivity index (χ3v) is 3.31. The van der Waals surface area contributed by atoms with Crippen LogP contribution in [0.15, 0.2) is 24.3 Å². The molecule has 7 heteroatoms. The van der Waals surface area contributed by atoms with Crippen molar-refractivity contribution in [1.82, 2.24) is 5.32 Å². The van der Waals surface area contributed by atoms with Crippen LogP contribution in [0.2, 0.25) is 0 Å². The van der Waals surface area contributed by atoms with Crippen LogP contribution in [0.4, 0.5) is 0 Å². The first kappa shape index (κ1) is 17.0. The van der Waals surface area contributed by atoms with Gasteiger partial charge in [0.25, 0.3) is 5.91 Å².